The lowest BCUT2D eigenvalue weighted by Crippen LogP contribution is -2.47. The Kier molecular flexibility index (Phi) is 4.55. The molecule has 2 atom stereocenters. The first-order valence-corrected chi connectivity index (χ1v) is 7.47. The van der Waals surface area contributed by atoms with Gasteiger partial charge in [-0.2, -0.15) is 0 Å². The van der Waals surface area contributed by atoms with Gasteiger partial charge in [0.05, 0.1) is 5.75 Å². The Morgan fingerprint density at radius 3 is 2.67 bits per heavy atom. The maximum atomic E-state index is 11.4. The van der Waals surface area contributed by atoms with Crippen LogP contribution >= 0.6 is 0 Å². The Morgan fingerprint density at radius 1 is 1.47 bits per heavy atom. The SMILES string of the molecule is CCS(=O)(=O)CCN1CCC(N)CC1C. The maximum absolute atomic E-state index is 11.4. The number of nitrogens with zero attached hydrogens (tertiary/aromatic N) is 1. The molecular weight excluding hydrogens is 212 g/mol. The highest BCUT2D eigenvalue weighted by molar-refractivity contribution is 7.91. The minimum absolute atomic E-state index is 0.245. The van der Waals surface area contributed by atoms with E-state index in [2.05, 4.69) is 11.8 Å². The minimum Gasteiger partial charge on any atom is -0.328 e. The van der Waals surface area contributed by atoms with Gasteiger partial charge in [-0.15, -0.1) is 0 Å². The lowest BCUT2D eigenvalue weighted by molar-refractivity contribution is 0.156. The summed E-state index contributed by atoms with van der Waals surface area (Å²) >= 11 is 0. The predicted molar refractivity (Wildman–Crippen MR) is 62.6 cm³/mol. The third kappa shape index (κ3) is 4.09. The quantitative estimate of drug-likeness (QED) is 0.756. The summed E-state index contributed by atoms with van der Waals surface area (Å²) in [6.45, 7) is 5.41. The monoisotopic (exact) mass is 234 g/mol. The van der Waals surface area contributed by atoms with E-state index in [0.29, 0.717) is 18.6 Å². The van der Waals surface area contributed by atoms with Crippen LogP contribution in [0.2, 0.25) is 0 Å². The highest BCUT2D eigenvalue weighted by Gasteiger charge is 2.23. The first-order valence-electron chi connectivity index (χ1n) is 5.64. The third-order valence-corrected chi connectivity index (χ3v) is 4.87. The lowest BCUT2D eigenvalue weighted by atomic mass is 9.99. The fourth-order valence-corrected chi connectivity index (χ4v) is 2.79. The number of nitrogens with two attached hydrogens (primary N) is 1. The van der Waals surface area contributed by atoms with E-state index in [4.69, 9.17) is 5.73 Å². The molecule has 1 fully saturated rings. The summed E-state index contributed by atoms with van der Waals surface area (Å²) in [6.07, 6.45) is 1.96. The first kappa shape index (κ1) is 12.9. The van der Waals surface area contributed by atoms with Crippen molar-refractivity contribution in [3.05, 3.63) is 0 Å². The lowest BCUT2D eigenvalue weighted by Gasteiger charge is -2.36. The Balaban J connectivity index is 2.39. The van der Waals surface area contributed by atoms with Gasteiger partial charge in [0.1, 0.15) is 0 Å². The molecule has 1 heterocycles. The van der Waals surface area contributed by atoms with Crippen molar-refractivity contribution in [1.82, 2.24) is 4.90 Å². The van der Waals surface area contributed by atoms with Gasteiger partial charge in [0, 0.05) is 24.4 Å². The van der Waals surface area contributed by atoms with E-state index in [0.717, 1.165) is 19.4 Å². The molecule has 0 bridgehead atoms. The van der Waals surface area contributed by atoms with Crippen molar-refractivity contribution in [2.75, 3.05) is 24.6 Å². The number of rotatable bonds is 4. The maximum Gasteiger partial charge on any atom is 0.151 e. The molecule has 1 rings (SSSR count). The van der Waals surface area contributed by atoms with Gasteiger partial charge in [0.25, 0.3) is 0 Å². The summed E-state index contributed by atoms with van der Waals surface area (Å²) < 4.78 is 22.7. The zero-order valence-corrected chi connectivity index (χ0v) is 10.5. The van der Waals surface area contributed by atoms with E-state index in [9.17, 15) is 8.42 Å². The Hall–Kier alpha value is -0.130. The summed E-state index contributed by atoms with van der Waals surface area (Å²) in [5.41, 5.74) is 5.85. The normalized spacial score (nSPS) is 29.3. The molecule has 0 aliphatic carbocycles. The number of piperidine rings is 1. The summed E-state index contributed by atoms with van der Waals surface area (Å²) in [7, 11) is -2.83. The van der Waals surface area contributed by atoms with Gasteiger partial charge in [-0.3, -0.25) is 4.90 Å². The van der Waals surface area contributed by atoms with E-state index in [1.807, 2.05) is 0 Å². The van der Waals surface area contributed by atoms with Crippen molar-refractivity contribution >= 4 is 9.84 Å². The van der Waals surface area contributed by atoms with Gasteiger partial charge >= 0.3 is 0 Å². The molecule has 0 aromatic rings. The molecule has 90 valence electrons. The topological polar surface area (TPSA) is 63.4 Å². The zero-order valence-electron chi connectivity index (χ0n) is 9.65. The predicted octanol–water partition coefficient (Wildman–Crippen LogP) is 0.233. The average Bonchev–Trinajstić information content (AvgIpc) is 2.16. The number of hydrogen-bond donors (Lipinski definition) is 1. The first-order chi connectivity index (χ1) is 6.94. The van der Waals surface area contributed by atoms with Gasteiger partial charge < -0.3 is 5.73 Å². The number of likely N-dealkylation sites (tertiary alicyclic amines) is 1. The van der Waals surface area contributed by atoms with Crippen LogP contribution in [-0.2, 0) is 9.84 Å². The molecule has 2 N–H and O–H groups in total. The van der Waals surface area contributed by atoms with Gasteiger partial charge in [-0.25, -0.2) is 8.42 Å². The Morgan fingerprint density at radius 2 is 2.13 bits per heavy atom. The van der Waals surface area contributed by atoms with Crippen LogP contribution in [0.5, 0.6) is 0 Å². The van der Waals surface area contributed by atoms with Crippen molar-refractivity contribution in [1.29, 1.82) is 0 Å². The molecule has 2 unspecified atom stereocenters. The van der Waals surface area contributed by atoms with Gasteiger partial charge in [0.15, 0.2) is 9.84 Å². The second-order valence-electron chi connectivity index (χ2n) is 4.41. The van der Waals surface area contributed by atoms with Gasteiger partial charge in [-0.05, 0) is 26.3 Å². The number of sulfone groups is 1. The Bertz CT molecular complexity index is 290. The Labute approximate surface area is 92.7 Å². The molecule has 0 aromatic heterocycles. The largest absolute Gasteiger partial charge is 0.328 e. The van der Waals surface area contributed by atoms with E-state index >= 15 is 0 Å². The van der Waals surface area contributed by atoms with E-state index < -0.39 is 9.84 Å². The summed E-state index contributed by atoms with van der Waals surface area (Å²) in [5, 5.41) is 0. The van der Waals surface area contributed by atoms with Crippen LogP contribution in [0.3, 0.4) is 0 Å². The van der Waals surface area contributed by atoms with Crippen molar-refractivity contribution in [3.63, 3.8) is 0 Å². The molecule has 0 amide bonds. The molecule has 0 radical (unpaired) electrons. The summed E-state index contributed by atoms with van der Waals surface area (Å²) in [6, 6.07) is 0.708. The number of hydrogen-bond acceptors (Lipinski definition) is 4. The summed E-state index contributed by atoms with van der Waals surface area (Å²) in [5.74, 6) is 0.526. The van der Waals surface area contributed by atoms with E-state index in [1.165, 1.54) is 0 Å². The van der Waals surface area contributed by atoms with Gasteiger partial charge in [-0.1, -0.05) is 6.92 Å². The van der Waals surface area contributed by atoms with Crippen molar-refractivity contribution in [2.45, 2.75) is 38.8 Å². The molecule has 5 heteroatoms. The van der Waals surface area contributed by atoms with Crippen LogP contribution in [0.25, 0.3) is 0 Å². The fraction of sp³-hybridized carbons (Fsp3) is 1.00. The highest BCUT2D eigenvalue weighted by Crippen LogP contribution is 2.15. The smallest absolute Gasteiger partial charge is 0.151 e. The van der Waals surface area contributed by atoms with Crippen LogP contribution in [0.1, 0.15) is 26.7 Å². The molecule has 0 spiro atoms. The molecule has 0 saturated carbocycles. The standard InChI is InChI=1S/C10H22N2O2S/c1-3-15(13,14)7-6-12-5-4-10(11)8-9(12)2/h9-10H,3-8,11H2,1-2H3. The second-order valence-corrected chi connectivity index (χ2v) is 6.88. The fourth-order valence-electron chi connectivity index (χ4n) is 1.99. The molecule has 15 heavy (non-hydrogen) atoms. The molecular formula is C10H22N2O2S. The molecule has 0 aromatic carbocycles. The van der Waals surface area contributed by atoms with Crippen LogP contribution in [-0.4, -0.2) is 50.0 Å². The van der Waals surface area contributed by atoms with Crippen molar-refractivity contribution in [3.8, 4) is 0 Å². The van der Waals surface area contributed by atoms with E-state index in [1.54, 1.807) is 6.92 Å². The molecule has 4 nitrogen and oxygen atoms in total. The summed E-state index contributed by atoms with van der Waals surface area (Å²) in [4.78, 5) is 2.23. The second kappa shape index (κ2) is 5.27. The van der Waals surface area contributed by atoms with Gasteiger partial charge in [0.2, 0.25) is 0 Å². The molecule has 1 saturated heterocycles. The average molecular weight is 234 g/mol. The van der Waals surface area contributed by atoms with Crippen LogP contribution in [0.4, 0.5) is 0 Å². The minimum atomic E-state index is -2.83. The van der Waals surface area contributed by atoms with Crippen LogP contribution < -0.4 is 5.73 Å². The van der Waals surface area contributed by atoms with Crippen molar-refractivity contribution < 1.29 is 8.42 Å². The zero-order chi connectivity index (χ0) is 11.5. The van der Waals surface area contributed by atoms with Crippen LogP contribution in [0, 0.1) is 0 Å². The molecule has 1 aliphatic rings. The van der Waals surface area contributed by atoms with Crippen molar-refractivity contribution in [2.24, 2.45) is 5.73 Å². The van der Waals surface area contributed by atoms with Crippen LogP contribution in [0.15, 0.2) is 0 Å². The third-order valence-electron chi connectivity index (χ3n) is 3.18. The molecule has 1 aliphatic heterocycles. The van der Waals surface area contributed by atoms with E-state index in [-0.39, 0.29) is 11.5 Å². The highest BCUT2D eigenvalue weighted by atomic mass is 32.2.